The number of hydrogen-bond acceptors (Lipinski definition) is 3. The van der Waals surface area contributed by atoms with Crippen LogP contribution in [0.2, 0.25) is 0 Å². The molecule has 0 aromatic heterocycles. The van der Waals surface area contributed by atoms with E-state index in [9.17, 15) is 0 Å². The summed E-state index contributed by atoms with van der Waals surface area (Å²) in [5.41, 5.74) is 4.32. The van der Waals surface area contributed by atoms with E-state index >= 15 is 0 Å². The summed E-state index contributed by atoms with van der Waals surface area (Å²) in [6.45, 7) is 8.83. The number of likely N-dealkylation sites (N-methyl/N-ethyl adjacent to an activating group) is 1. The molecule has 3 heteroatoms. The van der Waals surface area contributed by atoms with Gasteiger partial charge in [-0.1, -0.05) is 17.7 Å². The first-order valence-corrected chi connectivity index (χ1v) is 7.45. The SMILES string of the molecule is CCN1c2ccc(C)cc2C2CN(CCO)CCC21. The molecule has 0 amide bonds. The van der Waals surface area contributed by atoms with E-state index in [1.807, 2.05) is 0 Å². The monoisotopic (exact) mass is 260 g/mol. The molecule has 0 saturated carbocycles. The van der Waals surface area contributed by atoms with E-state index in [0.29, 0.717) is 12.0 Å². The molecule has 2 heterocycles. The van der Waals surface area contributed by atoms with Gasteiger partial charge >= 0.3 is 0 Å². The van der Waals surface area contributed by atoms with Gasteiger partial charge in [-0.3, -0.25) is 0 Å². The summed E-state index contributed by atoms with van der Waals surface area (Å²) in [5.74, 6) is 0.621. The third-order valence-corrected chi connectivity index (χ3v) is 4.71. The maximum absolute atomic E-state index is 9.14. The van der Waals surface area contributed by atoms with Crippen LogP contribution < -0.4 is 4.90 Å². The van der Waals surface area contributed by atoms with Gasteiger partial charge < -0.3 is 14.9 Å². The van der Waals surface area contributed by atoms with E-state index < -0.39 is 0 Å². The normalized spacial score (nSPS) is 26.4. The third kappa shape index (κ3) is 2.15. The topological polar surface area (TPSA) is 26.7 Å². The number of likely N-dealkylation sites (tertiary alicyclic amines) is 1. The Morgan fingerprint density at radius 3 is 2.95 bits per heavy atom. The van der Waals surface area contributed by atoms with Gasteiger partial charge in [0.15, 0.2) is 0 Å². The van der Waals surface area contributed by atoms with Crippen molar-refractivity contribution in [3.63, 3.8) is 0 Å². The van der Waals surface area contributed by atoms with Gasteiger partial charge in [-0.05, 0) is 31.9 Å². The quantitative estimate of drug-likeness (QED) is 0.900. The smallest absolute Gasteiger partial charge is 0.0558 e. The molecule has 1 aromatic rings. The average molecular weight is 260 g/mol. The predicted octanol–water partition coefficient (Wildman–Crippen LogP) is 1.99. The minimum Gasteiger partial charge on any atom is -0.395 e. The van der Waals surface area contributed by atoms with Crippen LogP contribution in [0.5, 0.6) is 0 Å². The van der Waals surface area contributed by atoms with Gasteiger partial charge in [-0.2, -0.15) is 0 Å². The van der Waals surface area contributed by atoms with Gasteiger partial charge in [0, 0.05) is 43.8 Å². The fourth-order valence-corrected chi connectivity index (χ4v) is 3.85. The predicted molar refractivity (Wildman–Crippen MR) is 78.9 cm³/mol. The lowest BCUT2D eigenvalue weighted by Gasteiger charge is -2.38. The number of aryl methyl sites for hydroxylation is 1. The Hall–Kier alpha value is -1.06. The molecule has 1 fully saturated rings. The van der Waals surface area contributed by atoms with Gasteiger partial charge in [-0.15, -0.1) is 0 Å². The minimum absolute atomic E-state index is 0.273. The lowest BCUT2D eigenvalue weighted by molar-refractivity contribution is 0.153. The van der Waals surface area contributed by atoms with Crippen LogP contribution in [0.3, 0.4) is 0 Å². The Labute approximate surface area is 115 Å². The summed E-state index contributed by atoms with van der Waals surface area (Å²) in [7, 11) is 0. The minimum atomic E-state index is 0.273. The number of aliphatic hydroxyl groups excluding tert-OH is 1. The van der Waals surface area contributed by atoms with E-state index in [2.05, 4.69) is 41.8 Å². The third-order valence-electron chi connectivity index (χ3n) is 4.71. The molecule has 0 spiro atoms. The lowest BCUT2D eigenvalue weighted by Crippen LogP contribution is -2.46. The molecule has 3 nitrogen and oxygen atoms in total. The van der Waals surface area contributed by atoms with Crippen molar-refractivity contribution >= 4 is 5.69 Å². The Bertz CT molecular complexity index is 460. The van der Waals surface area contributed by atoms with E-state index in [0.717, 1.165) is 26.2 Å². The number of β-amino-alcohol motifs (C(OH)–C–C–N with tert-alkyl or cyclic N) is 1. The van der Waals surface area contributed by atoms with Gasteiger partial charge in [0.25, 0.3) is 0 Å². The van der Waals surface area contributed by atoms with Crippen molar-refractivity contribution in [2.75, 3.05) is 37.7 Å². The largest absolute Gasteiger partial charge is 0.395 e. The highest BCUT2D eigenvalue weighted by atomic mass is 16.3. The molecule has 1 saturated heterocycles. The van der Waals surface area contributed by atoms with E-state index in [4.69, 9.17) is 5.11 Å². The second-order valence-electron chi connectivity index (χ2n) is 5.84. The van der Waals surface area contributed by atoms with Gasteiger partial charge in [0.05, 0.1) is 6.61 Å². The van der Waals surface area contributed by atoms with Crippen molar-refractivity contribution in [2.45, 2.75) is 32.2 Å². The lowest BCUT2D eigenvalue weighted by atomic mass is 9.88. The highest BCUT2D eigenvalue weighted by molar-refractivity contribution is 5.63. The number of nitrogens with zero attached hydrogens (tertiary/aromatic N) is 2. The highest BCUT2D eigenvalue weighted by Crippen LogP contribution is 2.44. The molecule has 1 N–H and O–H groups in total. The number of piperidine rings is 1. The highest BCUT2D eigenvalue weighted by Gasteiger charge is 2.40. The van der Waals surface area contributed by atoms with Crippen molar-refractivity contribution in [1.82, 2.24) is 4.90 Å². The zero-order valence-electron chi connectivity index (χ0n) is 12.0. The number of benzene rings is 1. The zero-order chi connectivity index (χ0) is 13.4. The Morgan fingerprint density at radius 1 is 1.37 bits per heavy atom. The number of rotatable bonds is 3. The fraction of sp³-hybridized carbons (Fsp3) is 0.625. The van der Waals surface area contributed by atoms with Crippen molar-refractivity contribution in [1.29, 1.82) is 0 Å². The molecule has 1 aromatic carbocycles. The van der Waals surface area contributed by atoms with Gasteiger partial charge in [0.1, 0.15) is 0 Å². The van der Waals surface area contributed by atoms with Crippen molar-refractivity contribution in [3.8, 4) is 0 Å². The number of hydrogen-bond donors (Lipinski definition) is 1. The molecule has 2 aliphatic rings. The molecule has 2 atom stereocenters. The van der Waals surface area contributed by atoms with Crippen LogP contribution in [-0.2, 0) is 0 Å². The standard InChI is InChI=1S/C16H24N2O/c1-3-18-15-5-4-12(2)10-13(15)14-11-17(8-9-19)7-6-16(14)18/h4-5,10,14,16,19H,3,6-9,11H2,1-2H3. The number of anilines is 1. The first-order chi connectivity index (χ1) is 9.24. The Morgan fingerprint density at radius 2 is 2.21 bits per heavy atom. The molecular weight excluding hydrogens is 236 g/mol. The van der Waals surface area contributed by atoms with Crippen LogP contribution in [0.25, 0.3) is 0 Å². The fourth-order valence-electron chi connectivity index (χ4n) is 3.85. The summed E-state index contributed by atoms with van der Waals surface area (Å²) < 4.78 is 0. The van der Waals surface area contributed by atoms with Gasteiger partial charge in [0.2, 0.25) is 0 Å². The Kier molecular flexibility index (Phi) is 3.50. The summed E-state index contributed by atoms with van der Waals surface area (Å²) in [5, 5.41) is 9.14. The van der Waals surface area contributed by atoms with Crippen LogP contribution in [0.4, 0.5) is 5.69 Å². The van der Waals surface area contributed by atoms with Crippen molar-refractivity contribution in [3.05, 3.63) is 29.3 Å². The second kappa shape index (κ2) is 5.14. The van der Waals surface area contributed by atoms with Crippen LogP contribution >= 0.6 is 0 Å². The molecule has 104 valence electrons. The summed E-state index contributed by atoms with van der Waals surface area (Å²) in [4.78, 5) is 4.99. The van der Waals surface area contributed by atoms with Crippen molar-refractivity contribution in [2.24, 2.45) is 0 Å². The van der Waals surface area contributed by atoms with Crippen LogP contribution in [0, 0.1) is 6.92 Å². The average Bonchev–Trinajstić information content (AvgIpc) is 2.72. The van der Waals surface area contributed by atoms with E-state index in [1.54, 1.807) is 0 Å². The van der Waals surface area contributed by atoms with E-state index in [1.165, 1.54) is 23.2 Å². The molecule has 0 bridgehead atoms. The first-order valence-electron chi connectivity index (χ1n) is 7.45. The van der Waals surface area contributed by atoms with Crippen LogP contribution in [0.1, 0.15) is 30.4 Å². The second-order valence-corrected chi connectivity index (χ2v) is 5.84. The first kappa shape index (κ1) is 12.9. The number of fused-ring (bicyclic) bond motifs is 3. The summed E-state index contributed by atoms with van der Waals surface area (Å²) in [6.07, 6.45) is 1.21. The molecule has 2 aliphatic heterocycles. The van der Waals surface area contributed by atoms with Crippen LogP contribution in [-0.4, -0.2) is 48.8 Å². The van der Waals surface area contributed by atoms with Crippen molar-refractivity contribution < 1.29 is 5.11 Å². The molecule has 19 heavy (non-hydrogen) atoms. The molecule has 0 aliphatic carbocycles. The van der Waals surface area contributed by atoms with E-state index in [-0.39, 0.29) is 6.61 Å². The summed E-state index contributed by atoms with van der Waals surface area (Å²) in [6, 6.07) is 7.55. The maximum atomic E-state index is 9.14. The number of aliphatic hydroxyl groups is 1. The molecule has 3 rings (SSSR count). The van der Waals surface area contributed by atoms with Gasteiger partial charge in [-0.25, -0.2) is 0 Å². The maximum Gasteiger partial charge on any atom is 0.0558 e. The molecule has 0 radical (unpaired) electrons. The van der Waals surface area contributed by atoms with Crippen LogP contribution in [0.15, 0.2) is 18.2 Å². The zero-order valence-corrected chi connectivity index (χ0v) is 12.0. The summed E-state index contributed by atoms with van der Waals surface area (Å²) >= 11 is 0. The molecule has 2 unspecified atom stereocenters. The Balaban J connectivity index is 1.92. The molecular formula is C16H24N2O.